The van der Waals surface area contributed by atoms with Crippen molar-refractivity contribution in [1.29, 1.82) is 0 Å². The van der Waals surface area contributed by atoms with Crippen molar-refractivity contribution >= 4 is 11.7 Å². The summed E-state index contributed by atoms with van der Waals surface area (Å²) in [5.41, 5.74) is 6.47. The van der Waals surface area contributed by atoms with Crippen molar-refractivity contribution in [3.8, 4) is 5.75 Å². The molecule has 0 radical (unpaired) electrons. The van der Waals surface area contributed by atoms with Crippen LogP contribution in [0.3, 0.4) is 0 Å². The van der Waals surface area contributed by atoms with Gasteiger partial charge < -0.3 is 20.5 Å². The Kier molecular flexibility index (Phi) is 5.29. The van der Waals surface area contributed by atoms with Crippen LogP contribution in [0.2, 0.25) is 0 Å². The van der Waals surface area contributed by atoms with Crippen LogP contribution in [0.1, 0.15) is 6.42 Å². The second-order valence-electron chi connectivity index (χ2n) is 3.62. The summed E-state index contributed by atoms with van der Waals surface area (Å²) < 4.78 is 5.07. The van der Waals surface area contributed by atoms with E-state index in [4.69, 9.17) is 15.6 Å². The molecule has 0 bridgehead atoms. The lowest BCUT2D eigenvalue weighted by Gasteiger charge is -2.23. The van der Waals surface area contributed by atoms with Gasteiger partial charge in [0, 0.05) is 25.3 Å². The van der Waals surface area contributed by atoms with Crippen molar-refractivity contribution in [2.75, 3.05) is 31.6 Å². The van der Waals surface area contributed by atoms with Crippen LogP contribution >= 0.6 is 0 Å². The molecule has 0 spiro atoms. The SMILES string of the molecule is COc1ccc(N(CCN)CCC(=O)O)cc1. The van der Waals surface area contributed by atoms with Crippen LogP contribution in [-0.4, -0.2) is 37.8 Å². The molecule has 0 aliphatic heterocycles. The number of benzene rings is 1. The smallest absolute Gasteiger partial charge is 0.305 e. The molecule has 94 valence electrons. The van der Waals surface area contributed by atoms with Gasteiger partial charge in [0.05, 0.1) is 13.5 Å². The van der Waals surface area contributed by atoms with E-state index in [1.54, 1.807) is 7.11 Å². The van der Waals surface area contributed by atoms with Crippen molar-refractivity contribution in [3.05, 3.63) is 24.3 Å². The van der Waals surface area contributed by atoms with Crippen LogP contribution in [0.15, 0.2) is 24.3 Å². The van der Waals surface area contributed by atoms with E-state index >= 15 is 0 Å². The Labute approximate surface area is 101 Å². The van der Waals surface area contributed by atoms with E-state index in [0.717, 1.165) is 11.4 Å². The highest BCUT2D eigenvalue weighted by atomic mass is 16.5. The van der Waals surface area contributed by atoms with Crippen molar-refractivity contribution in [2.24, 2.45) is 5.73 Å². The second-order valence-corrected chi connectivity index (χ2v) is 3.62. The predicted molar refractivity (Wildman–Crippen MR) is 66.5 cm³/mol. The van der Waals surface area contributed by atoms with Gasteiger partial charge in [0.15, 0.2) is 0 Å². The maximum absolute atomic E-state index is 10.6. The molecule has 3 N–H and O–H groups in total. The number of nitrogens with two attached hydrogens (primary N) is 1. The normalized spacial score (nSPS) is 10.0. The summed E-state index contributed by atoms with van der Waals surface area (Å²) in [4.78, 5) is 12.5. The molecule has 0 unspecified atom stereocenters. The number of methoxy groups -OCH3 is 1. The largest absolute Gasteiger partial charge is 0.497 e. The fraction of sp³-hybridized carbons (Fsp3) is 0.417. The summed E-state index contributed by atoms with van der Waals surface area (Å²) in [5.74, 6) is -0.0276. The molecule has 0 fully saturated rings. The molecule has 17 heavy (non-hydrogen) atoms. The van der Waals surface area contributed by atoms with Gasteiger partial charge in [0.1, 0.15) is 5.75 Å². The molecule has 0 heterocycles. The van der Waals surface area contributed by atoms with Crippen LogP contribution in [0.5, 0.6) is 5.75 Å². The molecule has 0 saturated carbocycles. The molecule has 0 aromatic heterocycles. The van der Waals surface area contributed by atoms with Gasteiger partial charge in [-0.2, -0.15) is 0 Å². The summed E-state index contributed by atoms with van der Waals surface area (Å²) in [7, 11) is 1.61. The van der Waals surface area contributed by atoms with Gasteiger partial charge >= 0.3 is 5.97 Å². The van der Waals surface area contributed by atoms with Gasteiger partial charge in [-0.05, 0) is 24.3 Å². The van der Waals surface area contributed by atoms with Crippen molar-refractivity contribution in [3.63, 3.8) is 0 Å². The number of carboxylic acid groups (broad SMARTS) is 1. The van der Waals surface area contributed by atoms with Crippen LogP contribution < -0.4 is 15.4 Å². The van der Waals surface area contributed by atoms with E-state index in [-0.39, 0.29) is 6.42 Å². The predicted octanol–water partition coefficient (Wildman–Crippen LogP) is 0.935. The first-order valence-corrected chi connectivity index (χ1v) is 5.48. The Balaban J connectivity index is 2.70. The van der Waals surface area contributed by atoms with Gasteiger partial charge in [0.25, 0.3) is 0 Å². The highest BCUT2D eigenvalue weighted by Gasteiger charge is 2.07. The minimum atomic E-state index is -0.805. The van der Waals surface area contributed by atoms with E-state index in [2.05, 4.69) is 0 Å². The highest BCUT2D eigenvalue weighted by molar-refractivity contribution is 5.67. The number of carbonyl (C=O) groups is 1. The van der Waals surface area contributed by atoms with Crippen LogP contribution in [0, 0.1) is 0 Å². The third-order valence-electron chi connectivity index (χ3n) is 2.43. The number of anilines is 1. The average molecular weight is 238 g/mol. The summed E-state index contributed by atoms with van der Waals surface area (Å²) in [5, 5.41) is 8.68. The standard InChI is InChI=1S/C12H18N2O3/c1-17-11-4-2-10(3-5-11)14(9-7-13)8-6-12(15)16/h2-5H,6-9,13H2,1H3,(H,15,16). The number of carboxylic acids is 1. The number of hydrogen-bond acceptors (Lipinski definition) is 4. The third-order valence-corrected chi connectivity index (χ3v) is 2.43. The Morgan fingerprint density at radius 2 is 2.00 bits per heavy atom. The molecular formula is C12H18N2O3. The van der Waals surface area contributed by atoms with E-state index < -0.39 is 5.97 Å². The fourth-order valence-electron chi connectivity index (χ4n) is 1.55. The minimum Gasteiger partial charge on any atom is -0.497 e. The Bertz CT molecular complexity index is 351. The second kappa shape index (κ2) is 6.75. The Morgan fingerprint density at radius 3 is 2.47 bits per heavy atom. The molecule has 5 nitrogen and oxygen atoms in total. The summed E-state index contributed by atoms with van der Waals surface area (Å²) in [6, 6.07) is 7.49. The molecular weight excluding hydrogens is 220 g/mol. The Hall–Kier alpha value is -1.75. The number of rotatable bonds is 7. The topological polar surface area (TPSA) is 75.8 Å². The van der Waals surface area contributed by atoms with Crippen molar-refractivity contribution in [2.45, 2.75) is 6.42 Å². The molecule has 5 heteroatoms. The van der Waals surface area contributed by atoms with Crippen LogP contribution in [0.4, 0.5) is 5.69 Å². The summed E-state index contributed by atoms with van der Waals surface area (Å²) >= 11 is 0. The number of nitrogens with zero attached hydrogens (tertiary/aromatic N) is 1. The minimum absolute atomic E-state index is 0.103. The van der Waals surface area contributed by atoms with Crippen LogP contribution in [0.25, 0.3) is 0 Å². The zero-order valence-electron chi connectivity index (χ0n) is 9.93. The zero-order chi connectivity index (χ0) is 12.7. The lowest BCUT2D eigenvalue weighted by atomic mass is 10.2. The van der Waals surface area contributed by atoms with E-state index in [1.165, 1.54) is 0 Å². The van der Waals surface area contributed by atoms with Crippen molar-refractivity contribution < 1.29 is 14.6 Å². The first-order chi connectivity index (χ1) is 8.17. The molecule has 1 aromatic carbocycles. The summed E-state index contributed by atoms with van der Waals surface area (Å²) in [6.45, 7) is 1.59. The first-order valence-electron chi connectivity index (χ1n) is 5.48. The summed E-state index contributed by atoms with van der Waals surface area (Å²) in [6.07, 6.45) is 0.103. The van der Waals surface area contributed by atoms with Gasteiger partial charge in [-0.3, -0.25) is 4.79 Å². The first kappa shape index (κ1) is 13.3. The molecule has 0 atom stereocenters. The fourth-order valence-corrected chi connectivity index (χ4v) is 1.55. The molecule has 0 amide bonds. The maximum atomic E-state index is 10.6. The van der Waals surface area contributed by atoms with Gasteiger partial charge in [-0.15, -0.1) is 0 Å². The number of hydrogen-bond donors (Lipinski definition) is 2. The molecule has 1 rings (SSSR count). The molecule has 0 aliphatic carbocycles. The monoisotopic (exact) mass is 238 g/mol. The number of aliphatic carboxylic acids is 1. The highest BCUT2D eigenvalue weighted by Crippen LogP contribution is 2.19. The third kappa shape index (κ3) is 4.32. The molecule has 0 aliphatic rings. The van der Waals surface area contributed by atoms with Gasteiger partial charge in [-0.25, -0.2) is 0 Å². The van der Waals surface area contributed by atoms with Gasteiger partial charge in [0.2, 0.25) is 0 Å². The Morgan fingerprint density at radius 1 is 1.35 bits per heavy atom. The van der Waals surface area contributed by atoms with Crippen LogP contribution in [-0.2, 0) is 4.79 Å². The zero-order valence-corrected chi connectivity index (χ0v) is 9.93. The van der Waals surface area contributed by atoms with E-state index in [0.29, 0.717) is 19.6 Å². The molecule has 1 aromatic rings. The number of ether oxygens (including phenoxy) is 1. The van der Waals surface area contributed by atoms with Crippen molar-refractivity contribution in [1.82, 2.24) is 0 Å². The van der Waals surface area contributed by atoms with E-state index in [1.807, 2.05) is 29.2 Å². The maximum Gasteiger partial charge on any atom is 0.305 e. The van der Waals surface area contributed by atoms with E-state index in [9.17, 15) is 4.79 Å². The quantitative estimate of drug-likeness (QED) is 0.739. The molecule has 0 saturated heterocycles. The van der Waals surface area contributed by atoms with Gasteiger partial charge in [-0.1, -0.05) is 0 Å². The lowest BCUT2D eigenvalue weighted by Crippen LogP contribution is -2.31. The lowest BCUT2D eigenvalue weighted by molar-refractivity contribution is -0.136. The average Bonchev–Trinajstić information content (AvgIpc) is 2.34.